The molecule has 3 nitrogen and oxygen atoms in total. The zero-order valence-corrected chi connectivity index (χ0v) is 9.45. The molecule has 1 saturated carbocycles. The van der Waals surface area contributed by atoms with E-state index in [2.05, 4.69) is 4.98 Å². The Morgan fingerprint density at radius 2 is 2.24 bits per heavy atom. The summed E-state index contributed by atoms with van der Waals surface area (Å²) < 4.78 is 30.7. The van der Waals surface area contributed by atoms with Crippen LogP contribution in [0.3, 0.4) is 0 Å². The summed E-state index contributed by atoms with van der Waals surface area (Å²) in [5.41, 5.74) is 1.31. The number of ether oxygens (including phenoxy) is 1. The van der Waals surface area contributed by atoms with Gasteiger partial charge >= 0.3 is 0 Å². The smallest absolute Gasteiger partial charge is 0.255 e. The molecule has 0 radical (unpaired) electrons. The van der Waals surface area contributed by atoms with E-state index in [4.69, 9.17) is 4.74 Å². The molecule has 0 aromatic carbocycles. The highest BCUT2D eigenvalue weighted by molar-refractivity contribution is 5.54. The third-order valence-corrected chi connectivity index (χ3v) is 2.63. The Hall–Kier alpha value is -1.52. The molecule has 1 aromatic rings. The summed E-state index contributed by atoms with van der Waals surface area (Å²) in [4.78, 5) is 14.5. The maximum absolute atomic E-state index is 12.6. The molecule has 5 heteroatoms. The third-order valence-electron chi connectivity index (χ3n) is 2.63. The molecule has 0 amide bonds. The fraction of sp³-hybridized carbons (Fsp3) is 0.500. The molecule has 0 bridgehead atoms. The van der Waals surface area contributed by atoms with Crippen LogP contribution < -0.4 is 4.74 Å². The van der Waals surface area contributed by atoms with Gasteiger partial charge < -0.3 is 9.53 Å². The van der Waals surface area contributed by atoms with Gasteiger partial charge in [0, 0.05) is 37.1 Å². The summed E-state index contributed by atoms with van der Waals surface area (Å²) in [6.45, 7) is 1.77. The molecule has 92 valence electrons. The van der Waals surface area contributed by atoms with Crippen LogP contribution in [0.1, 0.15) is 24.2 Å². The lowest BCUT2D eigenvalue weighted by atomic mass is 9.91. The SMILES string of the molecule is Cc1cc(OC2CC(F)(F)C2)cc(CC=O)n1. The van der Waals surface area contributed by atoms with Crippen molar-refractivity contribution in [2.24, 2.45) is 0 Å². The number of pyridine rings is 1. The van der Waals surface area contributed by atoms with Crippen molar-refractivity contribution in [1.29, 1.82) is 0 Å². The Bertz CT molecular complexity index is 427. The normalized spacial score (nSPS) is 18.5. The highest BCUT2D eigenvalue weighted by atomic mass is 19.3. The summed E-state index contributed by atoms with van der Waals surface area (Å²) in [6, 6.07) is 3.31. The van der Waals surface area contributed by atoms with Crippen LogP contribution in [0.15, 0.2) is 12.1 Å². The maximum Gasteiger partial charge on any atom is 0.255 e. The van der Waals surface area contributed by atoms with Gasteiger partial charge in [-0.3, -0.25) is 4.98 Å². The second-order valence-electron chi connectivity index (χ2n) is 4.31. The number of carbonyl (C=O) groups excluding carboxylic acids is 1. The Balaban J connectivity index is 2.03. The van der Waals surface area contributed by atoms with Crippen LogP contribution in [0, 0.1) is 6.92 Å². The predicted octanol–water partition coefficient (Wildman–Crippen LogP) is 2.31. The number of nitrogens with zero attached hydrogens (tertiary/aromatic N) is 1. The predicted molar refractivity (Wildman–Crippen MR) is 57.3 cm³/mol. The zero-order chi connectivity index (χ0) is 12.5. The van der Waals surface area contributed by atoms with E-state index in [0.29, 0.717) is 17.1 Å². The van der Waals surface area contributed by atoms with Gasteiger partial charge in [0.15, 0.2) is 0 Å². The standard InChI is InChI=1S/C12H13F2NO2/c1-8-4-10(5-9(15-8)2-3-16)17-11-6-12(13,14)7-11/h3-5,11H,2,6-7H2,1H3. The average Bonchev–Trinajstić information content (AvgIpc) is 2.14. The van der Waals surface area contributed by atoms with Gasteiger partial charge in [-0.05, 0) is 6.92 Å². The van der Waals surface area contributed by atoms with E-state index in [1.165, 1.54) is 0 Å². The van der Waals surface area contributed by atoms with E-state index < -0.39 is 12.0 Å². The largest absolute Gasteiger partial charge is 0.490 e. The van der Waals surface area contributed by atoms with E-state index >= 15 is 0 Å². The van der Waals surface area contributed by atoms with Crippen molar-refractivity contribution in [3.63, 3.8) is 0 Å². The van der Waals surface area contributed by atoms with Crippen LogP contribution in [-0.4, -0.2) is 23.3 Å². The maximum atomic E-state index is 12.6. The van der Waals surface area contributed by atoms with E-state index in [-0.39, 0.29) is 19.3 Å². The van der Waals surface area contributed by atoms with Gasteiger partial charge in [-0.25, -0.2) is 8.78 Å². The molecule has 0 N–H and O–H groups in total. The number of alkyl halides is 2. The van der Waals surface area contributed by atoms with Crippen LogP contribution >= 0.6 is 0 Å². The first kappa shape index (κ1) is 12.0. The van der Waals surface area contributed by atoms with Crippen molar-refractivity contribution in [2.45, 2.75) is 38.2 Å². The average molecular weight is 241 g/mol. The Labute approximate surface area is 97.8 Å². The highest BCUT2D eigenvalue weighted by Crippen LogP contribution is 2.39. The topological polar surface area (TPSA) is 39.2 Å². The van der Waals surface area contributed by atoms with Crippen LogP contribution in [0.5, 0.6) is 5.75 Å². The molecule has 2 rings (SSSR count). The number of aromatic nitrogens is 1. The molecular weight excluding hydrogens is 228 g/mol. The van der Waals surface area contributed by atoms with Gasteiger partial charge in [-0.2, -0.15) is 0 Å². The lowest BCUT2D eigenvalue weighted by Crippen LogP contribution is -2.43. The Morgan fingerprint density at radius 1 is 1.53 bits per heavy atom. The molecule has 0 spiro atoms. The minimum absolute atomic E-state index is 0.207. The van der Waals surface area contributed by atoms with Crippen LogP contribution in [0.2, 0.25) is 0 Å². The molecule has 1 aliphatic rings. The molecule has 0 aliphatic heterocycles. The van der Waals surface area contributed by atoms with Crippen LogP contribution in [0.4, 0.5) is 8.78 Å². The lowest BCUT2D eigenvalue weighted by molar-refractivity contribution is -0.134. The van der Waals surface area contributed by atoms with E-state index in [9.17, 15) is 13.6 Å². The zero-order valence-electron chi connectivity index (χ0n) is 9.45. The number of aldehydes is 1. The van der Waals surface area contributed by atoms with Crippen LogP contribution in [-0.2, 0) is 11.2 Å². The third kappa shape index (κ3) is 2.99. The Morgan fingerprint density at radius 3 is 2.82 bits per heavy atom. The summed E-state index contributed by atoms with van der Waals surface area (Å²) in [6.07, 6.45) is 0.0485. The second kappa shape index (κ2) is 4.39. The van der Waals surface area contributed by atoms with Gasteiger partial charge in [0.1, 0.15) is 18.1 Å². The Kier molecular flexibility index (Phi) is 3.09. The van der Waals surface area contributed by atoms with Crippen molar-refractivity contribution >= 4 is 6.29 Å². The lowest BCUT2D eigenvalue weighted by Gasteiger charge is -2.34. The first-order chi connectivity index (χ1) is 7.98. The van der Waals surface area contributed by atoms with Crippen LogP contribution in [0.25, 0.3) is 0 Å². The fourth-order valence-corrected chi connectivity index (χ4v) is 1.84. The van der Waals surface area contributed by atoms with Crippen molar-refractivity contribution < 1.29 is 18.3 Å². The van der Waals surface area contributed by atoms with Gasteiger partial charge in [0.2, 0.25) is 0 Å². The molecule has 1 fully saturated rings. The molecule has 1 aromatic heterocycles. The first-order valence-corrected chi connectivity index (χ1v) is 5.44. The molecule has 0 atom stereocenters. The number of hydrogen-bond donors (Lipinski definition) is 0. The molecule has 1 aliphatic carbocycles. The minimum atomic E-state index is -2.58. The van der Waals surface area contributed by atoms with Gasteiger partial charge in [0.25, 0.3) is 5.92 Å². The van der Waals surface area contributed by atoms with E-state index in [1.54, 1.807) is 19.1 Å². The quantitative estimate of drug-likeness (QED) is 0.759. The van der Waals surface area contributed by atoms with Crippen molar-refractivity contribution in [2.75, 3.05) is 0 Å². The number of carbonyl (C=O) groups is 1. The molecule has 1 heterocycles. The molecule has 17 heavy (non-hydrogen) atoms. The molecular formula is C12H13F2NO2. The fourth-order valence-electron chi connectivity index (χ4n) is 1.84. The molecule has 0 saturated heterocycles. The summed E-state index contributed by atoms with van der Waals surface area (Å²) >= 11 is 0. The van der Waals surface area contributed by atoms with Crippen molar-refractivity contribution in [3.8, 4) is 5.75 Å². The first-order valence-electron chi connectivity index (χ1n) is 5.44. The highest BCUT2D eigenvalue weighted by Gasteiger charge is 2.46. The summed E-state index contributed by atoms with van der Waals surface area (Å²) in [5.74, 6) is -2.08. The molecule has 0 unspecified atom stereocenters. The van der Waals surface area contributed by atoms with Gasteiger partial charge in [-0.15, -0.1) is 0 Å². The van der Waals surface area contributed by atoms with Crippen molar-refractivity contribution in [3.05, 3.63) is 23.5 Å². The van der Waals surface area contributed by atoms with E-state index in [1.807, 2.05) is 0 Å². The minimum Gasteiger partial charge on any atom is -0.490 e. The van der Waals surface area contributed by atoms with Crippen molar-refractivity contribution in [1.82, 2.24) is 4.98 Å². The number of halogens is 2. The summed E-state index contributed by atoms with van der Waals surface area (Å²) in [5, 5.41) is 0. The number of rotatable bonds is 4. The monoisotopic (exact) mass is 241 g/mol. The second-order valence-corrected chi connectivity index (χ2v) is 4.31. The number of hydrogen-bond acceptors (Lipinski definition) is 3. The van der Waals surface area contributed by atoms with Gasteiger partial charge in [0.05, 0.1) is 5.69 Å². The van der Waals surface area contributed by atoms with Gasteiger partial charge in [-0.1, -0.05) is 0 Å². The van der Waals surface area contributed by atoms with E-state index in [0.717, 1.165) is 6.29 Å². The summed E-state index contributed by atoms with van der Waals surface area (Å²) in [7, 11) is 0. The number of aryl methyl sites for hydroxylation is 1.